The fourth-order valence-electron chi connectivity index (χ4n) is 3.65. The normalized spacial score (nSPS) is 25.8. The molecule has 0 saturated carbocycles. The molecule has 1 aromatic carbocycles. The lowest BCUT2D eigenvalue weighted by Gasteiger charge is -2.33. The van der Waals surface area contributed by atoms with E-state index in [4.69, 9.17) is 0 Å². The van der Waals surface area contributed by atoms with Crippen molar-refractivity contribution in [2.45, 2.75) is 50.1 Å². The largest absolute Gasteiger partial charge is 0.336 e. The molecule has 0 aromatic heterocycles. The van der Waals surface area contributed by atoms with Crippen LogP contribution in [0.4, 0.5) is 0 Å². The lowest BCUT2D eigenvalue weighted by molar-refractivity contribution is 0.0709. The van der Waals surface area contributed by atoms with Crippen molar-refractivity contribution in [3.8, 4) is 0 Å². The molecule has 2 aliphatic heterocycles. The van der Waals surface area contributed by atoms with Crippen molar-refractivity contribution in [1.29, 1.82) is 0 Å². The number of nitrogens with zero attached hydrogens (tertiary/aromatic N) is 2. The van der Waals surface area contributed by atoms with Crippen molar-refractivity contribution in [3.05, 3.63) is 29.8 Å². The predicted molar refractivity (Wildman–Crippen MR) is 97.0 cm³/mol. The summed E-state index contributed by atoms with van der Waals surface area (Å²) in [5.74, 6) is -0.0999. The van der Waals surface area contributed by atoms with Gasteiger partial charge in [-0.2, -0.15) is 4.31 Å². The summed E-state index contributed by atoms with van der Waals surface area (Å²) in [6.07, 6.45) is 2.84. The Kier molecular flexibility index (Phi) is 5.46. The molecule has 6 nitrogen and oxygen atoms in total. The lowest BCUT2D eigenvalue weighted by Crippen LogP contribution is -2.51. The highest BCUT2D eigenvalue weighted by Gasteiger charge is 2.31. The number of nitrogens with one attached hydrogen (secondary N) is 1. The fourth-order valence-corrected chi connectivity index (χ4v) is 5.40. The fraction of sp³-hybridized carbons (Fsp3) is 0.611. The van der Waals surface area contributed by atoms with E-state index in [1.54, 1.807) is 27.4 Å². The summed E-state index contributed by atoms with van der Waals surface area (Å²) in [6.45, 7) is 6.58. The highest BCUT2D eigenvalue weighted by atomic mass is 32.2. The van der Waals surface area contributed by atoms with Gasteiger partial charge in [0.1, 0.15) is 0 Å². The van der Waals surface area contributed by atoms with Gasteiger partial charge in [0, 0.05) is 43.8 Å². The van der Waals surface area contributed by atoms with Crippen molar-refractivity contribution in [2.24, 2.45) is 0 Å². The number of benzene rings is 1. The minimum absolute atomic E-state index is 0.00660. The maximum Gasteiger partial charge on any atom is 0.253 e. The second-order valence-electron chi connectivity index (χ2n) is 7.09. The Morgan fingerprint density at radius 3 is 2.72 bits per heavy atom. The second-order valence-corrected chi connectivity index (χ2v) is 8.99. The van der Waals surface area contributed by atoms with Gasteiger partial charge in [-0.15, -0.1) is 0 Å². The maximum absolute atomic E-state index is 13.0. The van der Waals surface area contributed by atoms with Crippen LogP contribution in [0.25, 0.3) is 0 Å². The Morgan fingerprint density at radius 1 is 1.20 bits per heavy atom. The summed E-state index contributed by atoms with van der Waals surface area (Å²) in [7, 11) is -3.56. The van der Waals surface area contributed by atoms with Crippen molar-refractivity contribution in [2.75, 3.05) is 26.2 Å². The maximum atomic E-state index is 13.0. The third-order valence-electron chi connectivity index (χ3n) is 5.09. The minimum atomic E-state index is -3.56. The third-order valence-corrected chi connectivity index (χ3v) is 7.10. The summed E-state index contributed by atoms with van der Waals surface area (Å²) < 4.78 is 27.6. The van der Waals surface area contributed by atoms with Gasteiger partial charge < -0.3 is 10.2 Å². The number of carbonyl (C=O) groups excluding carboxylic acids is 1. The number of piperidine rings is 1. The topological polar surface area (TPSA) is 69.7 Å². The number of sulfonamides is 1. The van der Waals surface area contributed by atoms with Crippen molar-refractivity contribution >= 4 is 15.9 Å². The highest BCUT2D eigenvalue weighted by Crippen LogP contribution is 2.25. The summed E-state index contributed by atoms with van der Waals surface area (Å²) in [5, 5.41) is 3.31. The molecular formula is C18H27N3O3S. The molecule has 138 valence electrons. The molecule has 2 saturated heterocycles. The molecule has 1 aromatic rings. The van der Waals surface area contributed by atoms with E-state index in [9.17, 15) is 13.2 Å². The molecule has 0 radical (unpaired) electrons. The van der Waals surface area contributed by atoms with Crippen molar-refractivity contribution in [1.82, 2.24) is 14.5 Å². The van der Waals surface area contributed by atoms with Gasteiger partial charge in [0.25, 0.3) is 5.91 Å². The van der Waals surface area contributed by atoms with Gasteiger partial charge >= 0.3 is 0 Å². The minimum Gasteiger partial charge on any atom is -0.336 e. The average Bonchev–Trinajstić information content (AvgIpc) is 2.61. The van der Waals surface area contributed by atoms with Crippen LogP contribution in [0.3, 0.4) is 0 Å². The van der Waals surface area contributed by atoms with Gasteiger partial charge in [0.05, 0.1) is 4.90 Å². The van der Waals surface area contributed by atoms with Crippen LogP contribution in [0.2, 0.25) is 0 Å². The molecule has 2 atom stereocenters. The molecule has 25 heavy (non-hydrogen) atoms. The molecule has 3 rings (SSSR count). The van der Waals surface area contributed by atoms with E-state index in [1.165, 1.54) is 6.07 Å². The zero-order valence-corrected chi connectivity index (χ0v) is 15.8. The first kappa shape index (κ1) is 18.4. The molecule has 1 N–H and O–H groups in total. The van der Waals surface area contributed by atoms with Crippen LogP contribution in [0.15, 0.2) is 29.2 Å². The van der Waals surface area contributed by atoms with E-state index in [-0.39, 0.29) is 22.9 Å². The van der Waals surface area contributed by atoms with Crippen LogP contribution < -0.4 is 5.32 Å². The summed E-state index contributed by atoms with van der Waals surface area (Å²) in [4.78, 5) is 14.8. The van der Waals surface area contributed by atoms with E-state index >= 15 is 0 Å². The molecule has 2 aliphatic rings. The van der Waals surface area contributed by atoms with Gasteiger partial charge in [-0.1, -0.05) is 12.5 Å². The molecule has 2 heterocycles. The van der Waals surface area contributed by atoms with Crippen LogP contribution in [0.1, 0.15) is 43.5 Å². The summed E-state index contributed by atoms with van der Waals surface area (Å²) in [5.41, 5.74) is 0.444. The van der Waals surface area contributed by atoms with E-state index in [0.717, 1.165) is 25.8 Å². The first-order valence-corrected chi connectivity index (χ1v) is 10.5. The van der Waals surface area contributed by atoms with E-state index in [2.05, 4.69) is 5.32 Å². The van der Waals surface area contributed by atoms with Crippen LogP contribution in [0.5, 0.6) is 0 Å². The number of amides is 1. The van der Waals surface area contributed by atoms with Crippen LogP contribution in [-0.2, 0) is 10.0 Å². The van der Waals surface area contributed by atoms with Crippen molar-refractivity contribution < 1.29 is 13.2 Å². The number of hydrogen-bond acceptors (Lipinski definition) is 4. The first-order chi connectivity index (χ1) is 11.9. The van der Waals surface area contributed by atoms with Crippen LogP contribution in [-0.4, -0.2) is 61.8 Å². The van der Waals surface area contributed by atoms with Crippen LogP contribution >= 0.6 is 0 Å². The van der Waals surface area contributed by atoms with Gasteiger partial charge in [-0.05, 0) is 44.9 Å². The Bertz CT molecular complexity index is 735. The first-order valence-electron chi connectivity index (χ1n) is 9.04. The zero-order valence-electron chi connectivity index (χ0n) is 14.9. The Morgan fingerprint density at radius 2 is 2.00 bits per heavy atom. The number of hydrogen-bond donors (Lipinski definition) is 1. The highest BCUT2D eigenvalue weighted by molar-refractivity contribution is 7.89. The monoisotopic (exact) mass is 365 g/mol. The molecule has 0 bridgehead atoms. The second kappa shape index (κ2) is 7.43. The molecule has 0 spiro atoms. The Hall–Kier alpha value is -1.44. The molecule has 2 unspecified atom stereocenters. The Balaban J connectivity index is 1.84. The smallest absolute Gasteiger partial charge is 0.253 e. The standard InChI is InChI=1S/C18H27N3O3S/c1-14-13-20(11-9-19-14)18(22)16-7-5-8-17(12-16)25(23,24)21-10-4-3-6-15(21)2/h5,7-8,12,14-15,19H,3-4,6,9-11,13H2,1-2H3. The average molecular weight is 365 g/mol. The quantitative estimate of drug-likeness (QED) is 0.885. The summed E-state index contributed by atoms with van der Waals surface area (Å²) in [6, 6.07) is 6.75. The molecule has 0 aliphatic carbocycles. The lowest BCUT2D eigenvalue weighted by atomic mass is 10.1. The van der Waals surface area contributed by atoms with E-state index in [0.29, 0.717) is 25.2 Å². The third kappa shape index (κ3) is 3.88. The number of carbonyl (C=O) groups is 1. The molecule has 7 heteroatoms. The van der Waals surface area contributed by atoms with Gasteiger partial charge in [0.2, 0.25) is 10.0 Å². The number of rotatable bonds is 3. The molecule has 1 amide bonds. The van der Waals surface area contributed by atoms with Gasteiger partial charge in [-0.3, -0.25) is 4.79 Å². The van der Waals surface area contributed by atoms with Crippen molar-refractivity contribution in [3.63, 3.8) is 0 Å². The molecule has 2 fully saturated rings. The van der Waals surface area contributed by atoms with Gasteiger partial charge in [-0.25, -0.2) is 8.42 Å². The van der Waals surface area contributed by atoms with Gasteiger partial charge in [0.15, 0.2) is 0 Å². The van der Waals surface area contributed by atoms with E-state index < -0.39 is 10.0 Å². The number of piperazine rings is 1. The zero-order chi connectivity index (χ0) is 18.0. The van der Waals surface area contributed by atoms with E-state index in [1.807, 2.05) is 13.8 Å². The van der Waals surface area contributed by atoms with Crippen LogP contribution in [0, 0.1) is 0 Å². The summed E-state index contributed by atoms with van der Waals surface area (Å²) >= 11 is 0. The predicted octanol–water partition coefficient (Wildman–Crippen LogP) is 1.68. The molecular weight excluding hydrogens is 338 g/mol. The Labute approximate surface area is 150 Å². The SMILES string of the molecule is CC1CN(C(=O)c2cccc(S(=O)(=O)N3CCCCC3C)c2)CCN1.